The fourth-order valence-electron chi connectivity index (χ4n) is 3.39. The van der Waals surface area contributed by atoms with Crippen LogP contribution in [0.5, 0.6) is 5.75 Å². The van der Waals surface area contributed by atoms with Crippen LogP contribution < -0.4 is 10.1 Å². The number of rotatable bonds is 5. The van der Waals surface area contributed by atoms with Crippen molar-refractivity contribution in [3.63, 3.8) is 0 Å². The molecule has 0 saturated carbocycles. The van der Waals surface area contributed by atoms with E-state index in [1.165, 1.54) is 22.3 Å². The molecule has 2 rings (SSSR count). The first-order chi connectivity index (χ1) is 10.9. The number of piperazine rings is 1. The van der Waals surface area contributed by atoms with E-state index in [9.17, 15) is 4.79 Å². The highest BCUT2D eigenvalue weighted by atomic mass is 16.5. The summed E-state index contributed by atoms with van der Waals surface area (Å²) < 4.78 is 5.44. The molecule has 0 spiro atoms. The van der Waals surface area contributed by atoms with E-state index in [-0.39, 0.29) is 0 Å². The molecule has 23 heavy (non-hydrogen) atoms. The van der Waals surface area contributed by atoms with Gasteiger partial charge in [0.25, 0.3) is 0 Å². The molecule has 1 heterocycles. The summed E-state index contributed by atoms with van der Waals surface area (Å²) in [6.45, 7) is 12.1. The first-order valence-electron chi connectivity index (χ1n) is 8.56. The number of carbonyl (C=O) groups is 1. The van der Waals surface area contributed by atoms with E-state index in [1.54, 1.807) is 7.11 Å². The van der Waals surface area contributed by atoms with Crippen molar-refractivity contribution in [3.05, 3.63) is 28.3 Å². The highest BCUT2D eigenvalue weighted by molar-refractivity contribution is 5.76. The second kappa shape index (κ2) is 7.82. The Bertz CT molecular complexity index is 563. The lowest BCUT2D eigenvalue weighted by Crippen LogP contribution is -2.46. The Kier molecular flexibility index (Phi) is 6.05. The average molecular weight is 318 g/mol. The number of nitrogens with one attached hydrogen (secondary N) is 1. The van der Waals surface area contributed by atoms with Crippen LogP contribution in [0.4, 0.5) is 0 Å². The third kappa shape index (κ3) is 4.25. The van der Waals surface area contributed by atoms with Crippen LogP contribution in [0.25, 0.3) is 0 Å². The summed E-state index contributed by atoms with van der Waals surface area (Å²) in [6.07, 6.45) is 1.57. The maximum atomic E-state index is 12.4. The van der Waals surface area contributed by atoms with Crippen molar-refractivity contribution in [1.82, 2.24) is 10.2 Å². The molecule has 1 aromatic carbocycles. The van der Waals surface area contributed by atoms with Gasteiger partial charge in [-0.05, 0) is 61.4 Å². The van der Waals surface area contributed by atoms with Gasteiger partial charge in [0.1, 0.15) is 5.75 Å². The van der Waals surface area contributed by atoms with Crippen molar-refractivity contribution in [3.8, 4) is 5.75 Å². The molecular formula is C19H30N2O2. The molecule has 128 valence electrons. The zero-order valence-electron chi connectivity index (χ0n) is 15.2. The number of hydrogen-bond donors (Lipinski definition) is 1. The van der Waals surface area contributed by atoms with Crippen LogP contribution in [-0.2, 0) is 11.2 Å². The minimum atomic E-state index is 0.291. The summed E-state index contributed by atoms with van der Waals surface area (Å²) in [4.78, 5) is 14.4. The van der Waals surface area contributed by atoms with E-state index in [0.717, 1.165) is 38.3 Å². The number of ether oxygens (including phenoxy) is 1. The van der Waals surface area contributed by atoms with Gasteiger partial charge in [0.2, 0.25) is 5.91 Å². The maximum absolute atomic E-state index is 12.4. The smallest absolute Gasteiger partial charge is 0.222 e. The summed E-state index contributed by atoms with van der Waals surface area (Å²) in [5, 5.41) is 3.29. The quantitative estimate of drug-likeness (QED) is 0.907. The zero-order valence-corrected chi connectivity index (χ0v) is 15.2. The van der Waals surface area contributed by atoms with Crippen molar-refractivity contribution < 1.29 is 9.53 Å². The van der Waals surface area contributed by atoms with Crippen molar-refractivity contribution in [2.24, 2.45) is 5.92 Å². The molecule has 4 nitrogen and oxygen atoms in total. The maximum Gasteiger partial charge on any atom is 0.222 e. The third-order valence-electron chi connectivity index (χ3n) is 4.97. The summed E-state index contributed by atoms with van der Waals surface area (Å²) in [7, 11) is 1.72. The van der Waals surface area contributed by atoms with Gasteiger partial charge in [-0.25, -0.2) is 0 Å². The Morgan fingerprint density at radius 1 is 1.26 bits per heavy atom. The molecule has 1 N–H and O–H groups in total. The van der Waals surface area contributed by atoms with Crippen molar-refractivity contribution in [2.45, 2.75) is 40.5 Å². The lowest BCUT2D eigenvalue weighted by atomic mass is 9.89. The van der Waals surface area contributed by atoms with Crippen LogP contribution in [-0.4, -0.2) is 44.1 Å². The SMILES string of the molecule is COc1cc(C)c(CC(C)CC(=O)N2CCNCC2)c(C)c1C. The number of nitrogens with zero attached hydrogens (tertiary/aromatic N) is 1. The van der Waals surface area contributed by atoms with Gasteiger partial charge in [-0.3, -0.25) is 4.79 Å². The van der Waals surface area contributed by atoms with E-state index in [1.807, 2.05) is 4.90 Å². The van der Waals surface area contributed by atoms with E-state index in [2.05, 4.69) is 39.1 Å². The topological polar surface area (TPSA) is 41.6 Å². The number of amides is 1. The van der Waals surface area contributed by atoms with Crippen LogP contribution in [0.15, 0.2) is 6.07 Å². The van der Waals surface area contributed by atoms with Gasteiger partial charge < -0.3 is 15.0 Å². The minimum Gasteiger partial charge on any atom is -0.496 e. The number of hydrogen-bond acceptors (Lipinski definition) is 3. The van der Waals surface area contributed by atoms with Crippen LogP contribution in [0.3, 0.4) is 0 Å². The lowest BCUT2D eigenvalue weighted by molar-refractivity contribution is -0.132. The highest BCUT2D eigenvalue weighted by Crippen LogP contribution is 2.29. The van der Waals surface area contributed by atoms with Crippen LogP contribution in [0.1, 0.15) is 35.6 Å². The monoisotopic (exact) mass is 318 g/mol. The fraction of sp³-hybridized carbons (Fsp3) is 0.632. The van der Waals surface area contributed by atoms with Gasteiger partial charge in [0.05, 0.1) is 7.11 Å². The molecule has 1 atom stereocenters. The minimum absolute atomic E-state index is 0.291. The van der Waals surface area contributed by atoms with Gasteiger partial charge in [-0.2, -0.15) is 0 Å². The molecule has 1 amide bonds. The summed E-state index contributed by atoms with van der Waals surface area (Å²) in [5.74, 6) is 1.59. The highest BCUT2D eigenvalue weighted by Gasteiger charge is 2.20. The number of benzene rings is 1. The standard InChI is InChI=1S/C19H30N2O2/c1-13(11-19(22)21-8-6-20-7-9-21)10-17-14(2)12-18(23-5)16(4)15(17)3/h12-13,20H,6-11H2,1-5H3. The molecular weight excluding hydrogens is 288 g/mol. The van der Waals surface area contributed by atoms with Gasteiger partial charge in [0.15, 0.2) is 0 Å². The van der Waals surface area contributed by atoms with Gasteiger partial charge in [-0.15, -0.1) is 0 Å². The second-order valence-electron chi connectivity index (χ2n) is 6.77. The summed E-state index contributed by atoms with van der Waals surface area (Å²) in [6, 6.07) is 2.11. The molecule has 1 unspecified atom stereocenters. The average Bonchev–Trinajstić information content (AvgIpc) is 2.55. The predicted octanol–water partition coefficient (Wildman–Crippen LogP) is 2.62. The van der Waals surface area contributed by atoms with Crippen LogP contribution >= 0.6 is 0 Å². The van der Waals surface area contributed by atoms with E-state index >= 15 is 0 Å². The molecule has 1 aromatic rings. The Hall–Kier alpha value is -1.55. The molecule has 1 aliphatic heterocycles. The normalized spacial score (nSPS) is 16.3. The van der Waals surface area contributed by atoms with Gasteiger partial charge >= 0.3 is 0 Å². The van der Waals surface area contributed by atoms with Crippen molar-refractivity contribution >= 4 is 5.91 Å². The van der Waals surface area contributed by atoms with E-state index < -0.39 is 0 Å². The molecule has 0 aromatic heterocycles. The molecule has 0 radical (unpaired) electrons. The molecule has 1 fully saturated rings. The van der Waals surface area contributed by atoms with Crippen LogP contribution in [0.2, 0.25) is 0 Å². The van der Waals surface area contributed by atoms with Gasteiger partial charge in [0, 0.05) is 32.6 Å². The van der Waals surface area contributed by atoms with Gasteiger partial charge in [-0.1, -0.05) is 6.92 Å². The van der Waals surface area contributed by atoms with Crippen LogP contribution in [0, 0.1) is 26.7 Å². The van der Waals surface area contributed by atoms with E-state index in [4.69, 9.17) is 4.74 Å². The van der Waals surface area contributed by atoms with Crippen molar-refractivity contribution in [2.75, 3.05) is 33.3 Å². The van der Waals surface area contributed by atoms with E-state index in [0.29, 0.717) is 18.2 Å². The Labute approximate surface area is 140 Å². The fourth-order valence-corrected chi connectivity index (χ4v) is 3.39. The Morgan fingerprint density at radius 2 is 1.91 bits per heavy atom. The number of aryl methyl sites for hydroxylation is 1. The Balaban J connectivity index is 2.03. The third-order valence-corrected chi connectivity index (χ3v) is 4.97. The number of methoxy groups -OCH3 is 1. The number of carbonyl (C=O) groups excluding carboxylic acids is 1. The zero-order chi connectivity index (χ0) is 17.0. The second-order valence-corrected chi connectivity index (χ2v) is 6.77. The first kappa shape index (κ1) is 17.8. The summed E-state index contributed by atoms with van der Waals surface area (Å²) in [5.41, 5.74) is 5.12. The largest absolute Gasteiger partial charge is 0.496 e. The molecule has 1 aliphatic rings. The predicted molar refractivity (Wildman–Crippen MR) is 94.1 cm³/mol. The summed E-state index contributed by atoms with van der Waals surface area (Å²) >= 11 is 0. The molecule has 4 heteroatoms. The molecule has 0 aliphatic carbocycles. The molecule has 0 bridgehead atoms. The Morgan fingerprint density at radius 3 is 2.52 bits per heavy atom. The van der Waals surface area contributed by atoms with Crippen molar-refractivity contribution in [1.29, 1.82) is 0 Å². The lowest BCUT2D eigenvalue weighted by Gasteiger charge is -2.28. The molecule has 1 saturated heterocycles. The first-order valence-corrected chi connectivity index (χ1v) is 8.56.